The van der Waals surface area contributed by atoms with Gasteiger partial charge in [0.2, 0.25) is 5.91 Å². The monoisotopic (exact) mass is 421 g/mol. The number of anilines is 2. The third-order valence-electron chi connectivity index (χ3n) is 5.72. The molecule has 0 N–H and O–H groups in total. The number of fused-ring (bicyclic) bond motifs is 1. The predicted octanol–water partition coefficient (Wildman–Crippen LogP) is 4.50. The van der Waals surface area contributed by atoms with Crippen molar-refractivity contribution in [2.24, 2.45) is 0 Å². The lowest BCUT2D eigenvalue weighted by molar-refractivity contribution is -0.122. The van der Waals surface area contributed by atoms with Gasteiger partial charge >= 0.3 is 0 Å². The second-order valence-corrected chi connectivity index (χ2v) is 9.68. The number of ether oxygens (including phenoxy) is 1. The van der Waals surface area contributed by atoms with Crippen molar-refractivity contribution in [1.82, 2.24) is 0 Å². The highest BCUT2D eigenvalue weighted by molar-refractivity contribution is 7.91. The highest BCUT2D eigenvalue weighted by atomic mass is 32.2. The molecule has 0 saturated carbocycles. The molecule has 1 atom stereocenters. The summed E-state index contributed by atoms with van der Waals surface area (Å²) in [5.74, 6) is 0.469. The van der Waals surface area contributed by atoms with Gasteiger partial charge in [0, 0.05) is 5.69 Å². The van der Waals surface area contributed by atoms with Gasteiger partial charge < -0.3 is 4.74 Å². The molecule has 0 aromatic heterocycles. The molecule has 3 aromatic carbocycles. The lowest BCUT2D eigenvalue weighted by Crippen LogP contribution is -2.37. The third-order valence-corrected chi connectivity index (χ3v) is 7.45. The normalized spacial score (nSPS) is 18.3. The average molecular weight is 422 g/mol. The van der Waals surface area contributed by atoms with Crippen LogP contribution in [0.5, 0.6) is 5.75 Å². The van der Waals surface area contributed by atoms with Gasteiger partial charge in [-0.2, -0.15) is 0 Å². The summed E-state index contributed by atoms with van der Waals surface area (Å²) < 4.78 is 30.9. The first kappa shape index (κ1) is 20.2. The molecule has 0 fully saturated rings. The highest BCUT2D eigenvalue weighted by Gasteiger charge is 2.48. The Hall–Kier alpha value is -3.12. The number of methoxy groups -OCH3 is 1. The Labute approximate surface area is 176 Å². The van der Waals surface area contributed by atoms with Gasteiger partial charge in [-0.05, 0) is 61.4 Å². The second kappa shape index (κ2) is 7.61. The molecule has 0 radical (unpaired) electrons. The molecule has 0 spiro atoms. The minimum atomic E-state index is -3.49. The average Bonchev–Trinajstić information content (AvgIpc) is 3.01. The second-order valence-electron chi connectivity index (χ2n) is 7.57. The first-order valence-corrected chi connectivity index (χ1v) is 11.4. The molecule has 1 aliphatic rings. The van der Waals surface area contributed by atoms with Crippen LogP contribution in [0.4, 0.5) is 11.4 Å². The Morgan fingerprint density at radius 3 is 2.20 bits per heavy atom. The zero-order valence-corrected chi connectivity index (χ0v) is 17.7. The molecular formula is C24H23NO4S. The Morgan fingerprint density at radius 1 is 0.900 bits per heavy atom. The van der Waals surface area contributed by atoms with Gasteiger partial charge in [0.25, 0.3) is 0 Å². The molecular weight excluding hydrogens is 398 g/mol. The van der Waals surface area contributed by atoms with Crippen LogP contribution in [-0.4, -0.2) is 27.2 Å². The Kier molecular flexibility index (Phi) is 5.12. The van der Waals surface area contributed by atoms with Gasteiger partial charge in [0.1, 0.15) is 5.75 Å². The van der Waals surface area contributed by atoms with E-state index in [1.165, 1.54) is 0 Å². The minimum absolute atomic E-state index is 0.107. The Bertz CT molecular complexity index is 1170. The van der Waals surface area contributed by atoms with Crippen molar-refractivity contribution in [3.8, 4) is 5.75 Å². The molecule has 1 heterocycles. The zero-order valence-electron chi connectivity index (χ0n) is 16.9. The SMILES string of the molecule is COc1ccc(N2C(=O)[C@@](C)(CCS(=O)(=O)c3ccccc3)c3ccccc32)cc1. The minimum Gasteiger partial charge on any atom is -0.497 e. The number of nitrogens with zero attached hydrogens (tertiary/aromatic N) is 1. The fourth-order valence-corrected chi connectivity index (χ4v) is 5.40. The molecule has 1 aliphatic heterocycles. The molecule has 30 heavy (non-hydrogen) atoms. The molecule has 154 valence electrons. The number of sulfone groups is 1. The summed E-state index contributed by atoms with van der Waals surface area (Å²) >= 11 is 0. The topological polar surface area (TPSA) is 63.7 Å². The first-order valence-electron chi connectivity index (χ1n) is 9.73. The van der Waals surface area contributed by atoms with E-state index in [9.17, 15) is 13.2 Å². The smallest absolute Gasteiger partial charge is 0.242 e. The Balaban J connectivity index is 1.69. The van der Waals surface area contributed by atoms with Gasteiger partial charge in [0.15, 0.2) is 9.84 Å². The Morgan fingerprint density at radius 2 is 1.53 bits per heavy atom. The molecule has 6 heteroatoms. The van der Waals surface area contributed by atoms with Crippen molar-refractivity contribution in [1.29, 1.82) is 0 Å². The van der Waals surface area contributed by atoms with E-state index in [2.05, 4.69) is 0 Å². The molecule has 1 amide bonds. The van der Waals surface area contributed by atoms with Crippen molar-refractivity contribution in [3.63, 3.8) is 0 Å². The predicted molar refractivity (Wildman–Crippen MR) is 117 cm³/mol. The zero-order chi connectivity index (χ0) is 21.4. The lowest BCUT2D eigenvalue weighted by Gasteiger charge is -2.24. The van der Waals surface area contributed by atoms with Gasteiger partial charge in [-0.15, -0.1) is 0 Å². The van der Waals surface area contributed by atoms with Crippen molar-refractivity contribution >= 4 is 27.1 Å². The van der Waals surface area contributed by atoms with Crippen LogP contribution in [0.15, 0.2) is 83.8 Å². The van der Waals surface area contributed by atoms with E-state index in [1.54, 1.807) is 54.5 Å². The number of hydrogen-bond acceptors (Lipinski definition) is 4. The van der Waals surface area contributed by atoms with Crippen LogP contribution in [0.25, 0.3) is 0 Å². The van der Waals surface area contributed by atoms with Gasteiger partial charge in [-0.1, -0.05) is 36.4 Å². The van der Waals surface area contributed by atoms with Gasteiger partial charge in [-0.3, -0.25) is 9.69 Å². The number of benzene rings is 3. The maximum Gasteiger partial charge on any atom is 0.242 e. The summed E-state index contributed by atoms with van der Waals surface area (Å²) in [5, 5.41) is 0. The third kappa shape index (κ3) is 3.37. The first-order chi connectivity index (χ1) is 14.4. The van der Waals surface area contributed by atoms with E-state index in [4.69, 9.17) is 4.74 Å². The van der Waals surface area contributed by atoms with Crippen molar-refractivity contribution in [2.45, 2.75) is 23.7 Å². The number of rotatable bonds is 6. The fraction of sp³-hybridized carbons (Fsp3) is 0.208. The van der Waals surface area contributed by atoms with E-state index in [0.29, 0.717) is 5.75 Å². The standard InChI is InChI=1S/C24H23NO4S/c1-24(16-17-30(27,28)20-8-4-3-5-9-20)21-10-6-7-11-22(21)25(23(24)26)18-12-14-19(29-2)15-13-18/h3-15H,16-17H2,1-2H3/t24-/m0/s1. The van der Waals surface area contributed by atoms with Crippen molar-refractivity contribution in [2.75, 3.05) is 17.8 Å². The fourth-order valence-electron chi connectivity index (χ4n) is 3.92. The van der Waals surface area contributed by atoms with Crippen LogP contribution in [0.2, 0.25) is 0 Å². The lowest BCUT2D eigenvalue weighted by atomic mass is 9.81. The van der Waals surface area contributed by atoms with Gasteiger partial charge in [0.05, 0.1) is 28.9 Å². The summed E-state index contributed by atoms with van der Waals surface area (Å²) in [6.45, 7) is 1.83. The maximum absolute atomic E-state index is 13.6. The van der Waals surface area contributed by atoms with Gasteiger partial charge in [-0.25, -0.2) is 8.42 Å². The maximum atomic E-state index is 13.6. The van der Waals surface area contributed by atoms with E-state index < -0.39 is 15.3 Å². The summed E-state index contributed by atoms with van der Waals surface area (Å²) in [4.78, 5) is 15.5. The summed E-state index contributed by atoms with van der Waals surface area (Å²) in [6.07, 6.45) is 0.201. The summed E-state index contributed by atoms with van der Waals surface area (Å²) in [6, 6.07) is 23.2. The van der Waals surface area contributed by atoms with Crippen LogP contribution >= 0.6 is 0 Å². The number of carbonyl (C=O) groups excluding carboxylic acids is 1. The van der Waals surface area contributed by atoms with Crippen LogP contribution in [-0.2, 0) is 20.0 Å². The largest absolute Gasteiger partial charge is 0.497 e. The molecule has 0 unspecified atom stereocenters. The number of amides is 1. The molecule has 0 aliphatic carbocycles. The molecule has 4 rings (SSSR count). The number of hydrogen-bond donors (Lipinski definition) is 0. The highest BCUT2D eigenvalue weighted by Crippen LogP contribution is 2.47. The molecule has 0 saturated heterocycles. The molecule has 5 nitrogen and oxygen atoms in total. The van der Waals surface area contributed by atoms with Crippen molar-refractivity contribution < 1.29 is 17.9 Å². The van der Waals surface area contributed by atoms with Crippen LogP contribution in [0.3, 0.4) is 0 Å². The summed E-state index contributed by atoms with van der Waals surface area (Å²) in [7, 11) is -1.90. The van der Waals surface area contributed by atoms with E-state index in [-0.39, 0.29) is 23.0 Å². The number of para-hydroxylation sites is 1. The summed E-state index contributed by atoms with van der Waals surface area (Å²) in [5.41, 5.74) is 1.42. The number of carbonyl (C=O) groups is 1. The van der Waals surface area contributed by atoms with E-state index >= 15 is 0 Å². The van der Waals surface area contributed by atoms with Crippen LogP contribution in [0, 0.1) is 0 Å². The van der Waals surface area contributed by atoms with Crippen LogP contribution < -0.4 is 9.64 Å². The van der Waals surface area contributed by atoms with Crippen molar-refractivity contribution in [3.05, 3.63) is 84.4 Å². The quantitative estimate of drug-likeness (QED) is 0.588. The van der Waals surface area contributed by atoms with E-state index in [0.717, 1.165) is 16.9 Å². The van der Waals surface area contributed by atoms with E-state index in [1.807, 2.05) is 43.3 Å². The molecule has 3 aromatic rings. The van der Waals surface area contributed by atoms with Crippen LogP contribution in [0.1, 0.15) is 18.9 Å². The molecule has 0 bridgehead atoms.